The van der Waals surface area contributed by atoms with Gasteiger partial charge in [-0.1, -0.05) is 111 Å². The SMILES string of the molecule is CCN(CC)Cc1ccc(C2=C/C(=C/C=C/C3(C)Sc4ccccc4N3C)c3ccccc3N2c2ccccc2)cc1. The van der Waals surface area contributed by atoms with Gasteiger partial charge in [0.2, 0.25) is 0 Å². The van der Waals surface area contributed by atoms with Crippen LogP contribution in [0.2, 0.25) is 0 Å². The molecule has 0 N–H and O–H groups in total. The van der Waals surface area contributed by atoms with Crippen molar-refractivity contribution in [1.82, 2.24) is 4.90 Å². The molecule has 42 heavy (non-hydrogen) atoms. The zero-order valence-electron chi connectivity index (χ0n) is 25.0. The van der Waals surface area contributed by atoms with E-state index in [0.717, 1.165) is 25.3 Å². The van der Waals surface area contributed by atoms with Crippen LogP contribution in [0.4, 0.5) is 17.1 Å². The van der Waals surface area contributed by atoms with E-state index in [9.17, 15) is 0 Å². The number of nitrogens with zero attached hydrogens (tertiary/aromatic N) is 3. The summed E-state index contributed by atoms with van der Waals surface area (Å²) in [6.07, 6.45) is 9.19. The summed E-state index contributed by atoms with van der Waals surface area (Å²) in [7, 11) is 2.19. The number of rotatable bonds is 8. The molecule has 1 unspecified atom stereocenters. The molecule has 212 valence electrons. The Kier molecular flexibility index (Phi) is 8.10. The van der Waals surface area contributed by atoms with Gasteiger partial charge < -0.3 is 9.80 Å². The van der Waals surface area contributed by atoms with Crippen LogP contribution in [0.25, 0.3) is 11.3 Å². The number of anilines is 3. The zero-order chi connectivity index (χ0) is 29.1. The molecule has 4 heteroatoms. The first-order valence-electron chi connectivity index (χ1n) is 14.9. The molecule has 4 aromatic rings. The molecule has 0 saturated heterocycles. The first-order valence-corrected chi connectivity index (χ1v) is 15.7. The summed E-state index contributed by atoms with van der Waals surface area (Å²) in [5.41, 5.74) is 9.81. The number of para-hydroxylation sites is 3. The van der Waals surface area contributed by atoms with E-state index in [2.05, 4.69) is 170 Å². The summed E-state index contributed by atoms with van der Waals surface area (Å²) in [4.78, 5) is 8.41. The third kappa shape index (κ3) is 5.45. The number of fused-ring (bicyclic) bond motifs is 2. The van der Waals surface area contributed by atoms with E-state index in [1.807, 2.05) is 11.8 Å². The summed E-state index contributed by atoms with van der Waals surface area (Å²) >= 11 is 1.91. The molecule has 4 aromatic carbocycles. The lowest BCUT2D eigenvalue weighted by Crippen LogP contribution is -2.35. The summed E-state index contributed by atoms with van der Waals surface area (Å²) in [6.45, 7) is 9.84. The Hall–Kier alpha value is -3.99. The van der Waals surface area contributed by atoms with Crippen molar-refractivity contribution in [2.45, 2.75) is 37.1 Å². The van der Waals surface area contributed by atoms with E-state index >= 15 is 0 Å². The van der Waals surface area contributed by atoms with Crippen molar-refractivity contribution in [3.05, 3.63) is 144 Å². The molecule has 6 rings (SSSR count). The number of allylic oxidation sites excluding steroid dienone is 4. The molecule has 2 aliphatic rings. The van der Waals surface area contributed by atoms with Crippen LogP contribution in [0, 0.1) is 0 Å². The van der Waals surface area contributed by atoms with Crippen molar-refractivity contribution in [3.8, 4) is 0 Å². The van der Waals surface area contributed by atoms with E-state index < -0.39 is 0 Å². The molecule has 0 aliphatic carbocycles. The second-order valence-electron chi connectivity index (χ2n) is 11.0. The second kappa shape index (κ2) is 12.1. The summed E-state index contributed by atoms with van der Waals surface area (Å²) < 4.78 is 0. The minimum atomic E-state index is -0.141. The zero-order valence-corrected chi connectivity index (χ0v) is 25.8. The van der Waals surface area contributed by atoms with E-state index in [1.54, 1.807) is 0 Å². The maximum atomic E-state index is 2.45. The third-order valence-electron chi connectivity index (χ3n) is 8.44. The third-order valence-corrected chi connectivity index (χ3v) is 9.83. The summed E-state index contributed by atoms with van der Waals surface area (Å²) in [5, 5.41) is 0. The maximum absolute atomic E-state index is 2.45. The highest BCUT2D eigenvalue weighted by molar-refractivity contribution is 8.01. The Morgan fingerprint density at radius 3 is 2.17 bits per heavy atom. The predicted molar refractivity (Wildman–Crippen MR) is 182 cm³/mol. The first kappa shape index (κ1) is 28.1. The van der Waals surface area contributed by atoms with Gasteiger partial charge in [-0.3, -0.25) is 4.90 Å². The summed E-state index contributed by atoms with van der Waals surface area (Å²) in [5.74, 6) is 0. The Morgan fingerprint density at radius 2 is 1.45 bits per heavy atom. The Labute approximate surface area is 255 Å². The average Bonchev–Trinajstić information content (AvgIpc) is 3.29. The molecule has 0 radical (unpaired) electrons. The van der Waals surface area contributed by atoms with Gasteiger partial charge in [-0.2, -0.15) is 0 Å². The quantitative estimate of drug-likeness (QED) is 0.209. The van der Waals surface area contributed by atoms with Gasteiger partial charge in [0.05, 0.1) is 17.1 Å². The van der Waals surface area contributed by atoms with Gasteiger partial charge in [-0.15, -0.1) is 0 Å². The molecule has 1 atom stereocenters. The molecule has 0 bridgehead atoms. The first-order chi connectivity index (χ1) is 20.5. The normalized spacial score (nSPS) is 19.0. The number of hydrogen-bond acceptors (Lipinski definition) is 4. The number of benzene rings is 4. The fourth-order valence-electron chi connectivity index (χ4n) is 5.85. The standard InChI is InChI=1S/C38H39N3S/c1-5-40(6-2)28-29-22-24-30(25-23-29)36-27-31(15-14-26-38(3)39(4)35-20-12-13-21-37(35)42-38)33-18-10-11-19-34(33)41(36)32-16-8-7-9-17-32/h7-27H,5-6,28H2,1-4H3/b26-14+,31-15-. The van der Waals surface area contributed by atoms with Crippen molar-refractivity contribution in [1.29, 1.82) is 0 Å². The van der Waals surface area contributed by atoms with Crippen molar-refractivity contribution < 1.29 is 0 Å². The lowest BCUT2D eigenvalue weighted by atomic mass is 9.93. The van der Waals surface area contributed by atoms with E-state index in [0.29, 0.717) is 0 Å². The molecular formula is C38H39N3S. The minimum Gasteiger partial charge on any atom is -0.356 e. The topological polar surface area (TPSA) is 9.72 Å². The van der Waals surface area contributed by atoms with Crippen molar-refractivity contribution >= 4 is 40.1 Å². The van der Waals surface area contributed by atoms with Crippen LogP contribution < -0.4 is 9.80 Å². The molecule has 3 nitrogen and oxygen atoms in total. The minimum absolute atomic E-state index is 0.141. The van der Waals surface area contributed by atoms with E-state index in [4.69, 9.17) is 0 Å². The van der Waals surface area contributed by atoms with E-state index in [-0.39, 0.29) is 4.87 Å². The van der Waals surface area contributed by atoms with Crippen LogP contribution in [0.15, 0.2) is 132 Å². The maximum Gasteiger partial charge on any atom is 0.106 e. The van der Waals surface area contributed by atoms with Crippen molar-refractivity contribution in [3.63, 3.8) is 0 Å². The van der Waals surface area contributed by atoms with Gasteiger partial charge in [0.15, 0.2) is 0 Å². The molecule has 0 aromatic heterocycles. The molecule has 0 fully saturated rings. The molecule has 0 saturated carbocycles. The molecular weight excluding hydrogens is 531 g/mol. The summed E-state index contributed by atoms with van der Waals surface area (Å²) in [6, 6.07) is 37.2. The Morgan fingerprint density at radius 1 is 0.786 bits per heavy atom. The highest BCUT2D eigenvalue weighted by Crippen LogP contribution is 2.50. The molecule has 2 heterocycles. The fourth-order valence-corrected chi connectivity index (χ4v) is 7.13. The van der Waals surface area contributed by atoms with Gasteiger partial charge in [0, 0.05) is 29.7 Å². The van der Waals surface area contributed by atoms with Crippen molar-refractivity contribution in [2.75, 3.05) is 29.9 Å². The molecule has 0 amide bonds. The monoisotopic (exact) mass is 569 g/mol. The smallest absolute Gasteiger partial charge is 0.106 e. The van der Waals surface area contributed by atoms with E-state index in [1.165, 1.54) is 44.2 Å². The largest absolute Gasteiger partial charge is 0.356 e. The fraction of sp³-hybridized carbons (Fsp3) is 0.211. The number of hydrogen-bond donors (Lipinski definition) is 0. The lowest BCUT2D eigenvalue weighted by molar-refractivity contribution is 0.296. The van der Waals surface area contributed by atoms with Crippen LogP contribution in [0.1, 0.15) is 37.5 Å². The van der Waals surface area contributed by atoms with Gasteiger partial charge in [0.1, 0.15) is 4.87 Å². The van der Waals surface area contributed by atoms with Crippen LogP contribution in [0.3, 0.4) is 0 Å². The number of likely N-dealkylation sites (N-methyl/N-ethyl adjacent to an activating group) is 1. The lowest BCUT2D eigenvalue weighted by Gasteiger charge is -2.34. The molecule has 0 spiro atoms. The van der Waals surface area contributed by atoms with Crippen LogP contribution >= 0.6 is 11.8 Å². The van der Waals surface area contributed by atoms with Crippen molar-refractivity contribution in [2.24, 2.45) is 0 Å². The van der Waals surface area contributed by atoms with Crippen LogP contribution in [-0.4, -0.2) is 29.9 Å². The van der Waals surface area contributed by atoms with Gasteiger partial charge >= 0.3 is 0 Å². The Bertz CT molecular complexity index is 1630. The highest BCUT2D eigenvalue weighted by Gasteiger charge is 2.36. The van der Waals surface area contributed by atoms with Gasteiger partial charge in [0.25, 0.3) is 0 Å². The predicted octanol–water partition coefficient (Wildman–Crippen LogP) is 9.62. The van der Waals surface area contributed by atoms with Gasteiger partial charge in [-0.05, 0) is 79.2 Å². The average molecular weight is 570 g/mol. The Balaban J connectivity index is 1.40. The van der Waals surface area contributed by atoms with Crippen LogP contribution in [-0.2, 0) is 6.54 Å². The second-order valence-corrected chi connectivity index (χ2v) is 12.5. The number of thioether (sulfide) groups is 1. The molecule has 2 aliphatic heterocycles. The highest BCUT2D eigenvalue weighted by atomic mass is 32.2. The van der Waals surface area contributed by atoms with Crippen LogP contribution in [0.5, 0.6) is 0 Å². The van der Waals surface area contributed by atoms with Gasteiger partial charge in [-0.25, -0.2) is 0 Å².